The third kappa shape index (κ3) is 6.69. The summed E-state index contributed by atoms with van der Waals surface area (Å²) in [5, 5.41) is 1.22. The van der Waals surface area contributed by atoms with Crippen LogP contribution in [-0.2, 0) is 20.7 Å². The Bertz CT molecular complexity index is 1210. The summed E-state index contributed by atoms with van der Waals surface area (Å²) in [7, 11) is 0. The fourth-order valence-electron chi connectivity index (χ4n) is 5.95. The molecule has 0 radical (unpaired) electrons. The lowest BCUT2D eigenvalue weighted by molar-refractivity contribution is -0.158. The van der Waals surface area contributed by atoms with E-state index < -0.39 is 6.23 Å². The maximum atomic E-state index is 12.9. The van der Waals surface area contributed by atoms with Gasteiger partial charge in [-0.2, -0.15) is 0 Å². The van der Waals surface area contributed by atoms with E-state index in [9.17, 15) is 9.59 Å². The van der Waals surface area contributed by atoms with Gasteiger partial charge in [-0.1, -0.05) is 42.3 Å². The van der Waals surface area contributed by atoms with E-state index in [0.29, 0.717) is 35.4 Å². The van der Waals surface area contributed by atoms with E-state index in [-0.39, 0.29) is 17.8 Å². The molecule has 1 saturated heterocycles. The van der Waals surface area contributed by atoms with Crippen LogP contribution in [0.3, 0.4) is 0 Å². The maximum absolute atomic E-state index is 12.9. The van der Waals surface area contributed by atoms with E-state index in [1.807, 2.05) is 36.4 Å². The monoisotopic (exact) mass is 587 g/mol. The number of carbonyl (C=O) groups excluding carboxylic acids is 2. The van der Waals surface area contributed by atoms with Crippen LogP contribution in [0.25, 0.3) is 0 Å². The number of ether oxygens (including phenoxy) is 2. The number of piperazine rings is 1. The molecule has 1 aliphatic carbocycles. The van der Waals surface area contributed by atoms with Crippen molar-refractivity contribution in [2.24, 2.45) is 11.8 Å². The number of hydrogen-bond donors (Lipinski definition) is 0. The van der Waals surface area contributed by atoms with Crippen molar-refractivity contribution in [3.05, 3.63) is 52.0 Å². The highest BCUT2D eigenvalue weighted by atomic mass is 35.5. The summed E-state index contributed by atoms with van der Waals surface area (Å²) in [6.45, 7) is 9.37. The molecule has 2 aromatic rings. The zero-order chi connectivity index (χ0) is 28.2. The van der Waals surface area contributed by atoms with Crippen molar-refractivity contribution in [1.29, 1.82) is 0 Å². The van der Waals surface area contributed by atoms with Crippen molar-refractivity contribution >= 4 is 46.5 Å². The second-order valence-corrected chi connectivity index (χ2v) is 12.1. The third-order valence-corrected chi connectivity index (χ3v) is 9.14. The topological polar surface area (TPSA) is 62.3 Å². The predicted molar refractivity (Wildman–Crippen MR) is 160 cm³/mol. The van der Waals surface area contributed by atoms with Gasteiger partial charge in [-0.25, -0.2) is 0 Å². The molecule has 2 heterocycles. The number of anilines is 2. The summed E-state index contributed by atoms with van der Waals surface area (Å²) >= 11 is 12.6. The number of benzene rings is 2. The molecular formula is C31H39Cl2N3O4. The molecule has 1 saturated carbocycles. The second-order valence-electron chi connectivity index (χ2n) is 11.3. The van der Waals surface area contributed by atoms with Gasteiger partial charge in [0.15, 0.2) is 6.23 Å². The number of fused-ring (bicyclic) bond motifs is 1. The van der Waals surface area contributed by atoms with Gasteiger partial charge in [0, 0.05) is 38.7 Å². The molecule has 9 heteroatoms. The summed E-state index contributed by atoms with van der Waals surface area (Å²) in [4.78, 5) is 31.8. The Morgan fingerprint density at radius 2 is 1.80 bits per heavy atom. The lowest BCUT2D eigenvalue weighted by Crippen LogP contribution is -2.46. The molecule has 3 aliphatic rings. The molecular weight excluding hydrogens is 549 g/mol. The van der Waals surface area contributed by atoms with Gasteiger partial charge >= 0.3 is 5.97 Å². The number of amides is 1. The van der Waals surface area contributed by atoms with Crippen LogP contribution in [0.2, 0.25) is 10.0 Å². The first-order valence-corrected chi connectivity index (χ1v) is 15.3. The van der Waals surface area contributed by atoms with Crippen LogP contribution >= 0.6 is 23.2 Å². The van der Waals surface area contributed by atoms with Crippen molar-refractivity contribution in [3.8, 4) is 5.75 Å². The summed E-state index contributed by atoms with van der Waals surface area (Å²) in [5.74, 6) is 1.03. The Hall–Kier alpha value is -2.48. The molecule has 0 N–H and O–H groups in total. The number of hydrogen-bond acceptors (Lipinski definition) is 6. The average molecular weight is 589 g/mol. The van der Waals surface area contributed by atoms with E-state index >= 15 is 0 Å². The molecule has 7 nitrogen and oxygen atoms in total. The standard InChI is InChI=1S/C31H39Cl2N3O4/c1-21-18-24(19-21)31(38)40-22(2)36-28-20-25(10-8-23(28)9-11-29(36)37)39-17-4-3-12-34-13-15-35(16-14-34)27-7-5-6-26(32)30(27)33/h5-8,10,20-22,24H,3-4,9,11-19H2,1-2H3. The molecule has 0 spiro atoms. The average Bonchev–Trinajstić information content (AvgIpc) is 2.92. The van der Waals surface area contributed by atoms with Crippen molar-refractivity contribution in [2.45, 2.75) is 58.6 Å². The lowest BCUT2D eigenvalue weighted by Gasteiger charge is -2.36. The molecule has 1 atom stereocenters. The van der Waals surface area contributed by atoms with E-state index in [0.717, 1.165) is 81.1 Å². The minimum absolute atomic E-state index is 0.0235. The molecule has 1 amide bonds. The minimum Gasteiger partial charge on any atom is -0.494 e. The molecule has 0 aromatic heterocycles. The fraction of sp³-hybridized carbons (Fsp3) is 0.548. The second kappa shape index (κ2) is 13.0. The first-order valence-electron chi connectivity index (χ1n) is 14.5. The predicted octanol–water partition coefficient (Wildman–Crippen LogP) is 6.19. The number of rotatable bonds is 10. The number of aryl methyl sites for hydroxylation is 1. The Balaban J connectivity index is 1.07. The normalized spacial score (nSPS) is 21.9. The van der Waals surface area contributed by atoms with Crippen LogP contribution in [-0.4, -0.2) is 62.3 Å². The molecule has 2 aromatic carbocycles. The molecule has 216 valence electrons. The Kier molecular flexibility index (Phi) is 9.44. The van der Waals surface area contributed by atoms with Crippen LogP contribution in [0.4, 0.5) is 11.4 Å². The number of halogens is 2. The van der Waals surface area contributed by atoms with E-state index in [1.54, 1.807) is 11.8 Å². The molecule has 1 unspecified atom stereocenters. The molecule has 2 fully saturated rings. The van der Waals surface area contributed by atoms with Gasteiger partial charge in [0.25, 0.3) is 0 Å². The molecule has 2 aliphatic heterocycles. The third-order valence-electron chi connectivity index (χ3n) is 8.33. The summed E-state index contributed by atoms with van der Waals surface area (Å²) in [6, 6.07) is 11.7. The van der Waals surface area contributed by atoms with Crippen LogP contribution in [0, 0.1) is 11.8 Å². The zero-order valence-electron chi connectivity index (χ0n) is 23.4. The van der Waals surface area contributed by atoms with Crippen molar-refractivity contribution < 1.29 is 19.1 Å². The number of esters is 1. The summed E-state index contributed by atoms with van der Waals surface area (Å²) in [5.41, 5.74) is 2.87. The number of unbranched alkanes of at least 4 members (excludes halogenated alkanes) is 1. The number of nitrogens with zero attached hydrogens (tertiary/aromatic N) is 3. The van der Waals surface area contributed by atoms with E-state index in [2.05, 4.69) is 16.7 Å². The van der Waals surface area contributed by atoms with Crippen molar-refractivity contribution in [3.63, 3.8) is 0 Å². The van der Waals surface area contributed by atoms with Crippen LogP contribution < -0.4 is 14.5 Å². The van der Waals surface area contributed by atoms with Gasteiger partial charge in [-0.3, -0.25) is 19.4 Å². The van der Waals surface area contributed by atoms with Gasteiger partial charge in [-0.05, 0) is 75.3 Å². The maximum Gasteiger partial charge on any atom is 0.310 e. The van der Waals surface area contributed by atoms with Gasteiger partial charge in [0.2, 0.25) is 5.91 Å². The quantitative estimate of drug-likeness (QED) is 0.244. The Morgan fingerprint density at radius 3 is 2.55 bits per heavy atom. The van der Waals surface area contributed by atoms with Crippen LogP contribution in [0.15, 0.2) is 36.4 Å². The minimum atomic E-state index is -0.638. The SMILES string of the molecule is CC1CC(C(=O)OC(C)N2C(=O)CCc3ccc(OCCCCN4CCN(c5cccc(Cl)c5Cl)CC4)cc32)C1. The zero-order valence-corrected chi connectivity index (χ0v) is 24.9. The van der Waals surface area contributed by atoms with Gasteiger partial charge in [-0.15, -0.1) is 0 Å². The molecule has 40 heavy (non-hydrogen) atoms. The molecule has 5 rings (SSSR count). The first-order chi connectivity index (χ1) is 19.3. The highest BCUT2D eigenvalue weighted by Crippen LogP contribution is 2.37. The van der Waals surface area contributed by atoms with Gasteiger partial charge < -0.3 is 14.4 Å². The Morgan fingerprint density at radius 1 is 1.02 bits per heavy atom. The first kappa shape index (κ1) is 29.0. The lowest BCUT2D eigenvalue weighted by atomic mass is 9.76. The van der Waals surface area contributed by atoms with Crippen molar-refractivity contribution in [1.82, 2.24) is 4.90 Å². The van der Waals surface area contributed by atoms with Crippen LogP contribution in [0.5, 0.6) is 5.75 Å². The fourth-order valence-corrected chi connectivity index (χ4v) is 6.37. The summed E-state index contributed by atoms with van der Waals surface area (Å²) < 4.78 is 11.8. The smallest absolute Gasteiger partial charge is 0.310 e. The van der Waals surface area contributed by atoms with E-state index in [4.69, 9.17) is 32.7 Å². The highest BCUT2D eigenvalue weighted by molar-refractivity contribution is 6.43. The Labute approximate surface area is 247 Å². The number of carbonyl (C=O) groups is 2. The molecule has 0 bridgehead atoms. The van der Waals surface area contributed by atoms with Crippen molar-refractivity contribution in [2.75, 3.05) is 49.1 Å². The largest absolute Gasteiger partial charge is 0.494 e. The van der Waals surface area contributed by atoms with E-state index in [1.165, 1.54) is 0 Å². The highest BCUT2D eigenvalue weighted by Gasteiger charge is 2.36. The van der Waals surface area contributed by atoms with Gasteiger partial charge in [0.05, 0.1) is 33.9 Å². The summed E-state index contributed by atoms with van der Waals surface area (Å²) in [6.07, 6.45) is 4.16. The van der Waals surface area contributed by atoms with Crippen LogP contribution in [0.1, 0.15) is 51.5 Å². The van der Waals surface area contributed by atoms with Gasteiger partial charge in [0.1, 0.15) is 5.75 Å².